The molecule has 1 amide bonds. The number of anilines is 2. The molecule has 1 saturated heterocycles. The van der Waals surface area contributed by atoms with Crippen LogP contribution in [-0.4, -0.2) is 81.6 Å². The normalized spacial score (nSPS) is 14.3. The largest absolute Gasteiger partial charge is 0.495 e. The molecule has 0 spiro atoms. The summed E-state index contributed by atoms with van der Waals surface area (Å²) in [7, 11) is 4.75. The third-order valence-electron chi connectivity index (χ3n) is 7.33. The standard InChI is InChI=1S/C31H38F3N5O3/c1-35-30(40)22-10-11-27(29(19-22)42-3)36-14-5-7-24-20-25-26(8-4-9-28(25)39(24)21-31(32,33)34)37-23-12-16-38(17-13-23)15-6-18-41-2/h4,8-11,19-20,23,36-37H,6,12-18,21H2,1-3H3,(H,35,40). The van der Waals surface area contributed by atoms with Crippen molar-refractivity contribution in [1.29, 1.82) is 0 Å². The topological polar surface area (TPSA) is 79.8 Å². The van der Waals surface area contributed by atoms with Gasteiger partial charge < -0.3 is 34.9 Å². The molecule has 1 aliphatic rings. The molecule has 2 aromatic carbocycles. The summed E-state index contributed by atoms with van der Waals surface area (Å²) in [5.74, 6) is 6.10. The lowest BCUT2D eigenvalue weighted by Crippen LogP contribution is -2.39. The van der Waals surface area contributed by atoms with Gasteiger partial charge in [0.1, 0.15) is 12.3 Å². The fourth-order valence-electron chi connectivity index (χ4n) is 5.21. The highest BCUT2D eigenvalue weighted by molar-refractivity contribution is 5.95. The SMILES string of the molecule is CNC(=O)c1ccc(NCC#Cc2cc3c(NC4CCN(CCCOC)CC4)cccc3n2CC(F)(F)F)c(OC)c1. The first kappa shape index (κ1) is 31.1. The fraction of sp³-hybridized carbons (Fsp3) is 0.452. The maximum Gasteiger partial charge on any atom is 0.406 e. The van der Waals surface area contributed by atoms with Crippen LogP contribution in [0.4, 0.5) is 24.5 Å². The number of rotatable bonds is 11. The summed E-state index contributed by atoms with van der Waals surface area (Å²) in [5, 5.41) is 9.98. The highest BCUT2D eigenvalue weighted by atomic mass is 19.4. The van der Waals surface area contributed by atoms with Gasteiger partial charge in [-0.3, -0.25) is 4.79 Å². The Morgan fingerprint density at radius 1 is 1.10 bits per heavy atom. The zero-order chi connectivity index (χ0) is 30.1. The molecule has 1 aliphatic heterocycles. The number of nitrogens with one attached hydrogen (secondary N) is 3. The van der Waals surface area contributed by atoms with Crippen molar-refractivity contribution in [3.63, 3.8) is 0 Å². The van der Waals surface area contributed by atoms with E-state index in [0.29, 0.717) is 27.9 Å². The molecule has 3 aromatic rings. The van der Waals surface area contributed by atoms with Crippen LogP contribution in [0.1, 0.15) is 35.3 Å². The lowest BCUT2D eigenvalue weighted by Gasteiger charge is -2.33. The second-order valence-electron chi connectivity index (χ2n) is 10.2. The van der Waals surface area contributed by atoms with Crippen molar-refractivity contribution in [3.8, 4) is 17.6 Å². The Morgan fingerprint density at radius 3 is 2.57 bits per heavy atom. The van der Waals surface area contributed by atoms with Crippen LogP contribution >= 0.6 is 0 Å². The fourth-order valence-corrected chi connectivity index (χ4v) is 5.21. The number of nitrogens with zero attached hydrogens (tertiary/aromatic N) is 2. The van der Waals surface area contributed by atoms with Gasteiger partial charge in [0.15, 0.2) is 0 Å². The molecule has 4 rings (SSSR count). The third kappa shape index (κ3) is 8.11. The first-order chi connectivity index (χ1) is 20.2. The number of carbonyl (C=O) groups is 1. The van der Waals surface area contributed by atoms with Crippen molar-refractivity contribution < 1.29 is 27.4 Å². The van der Waals surface area contributed by atoms with Crippen LogP contribution in [0.2, 0.25) is 0 Å². The van der Waals surface area contributed by atoms with Crippen LogP contribution in [0.5, 0.6) is 5.75 Å². The van der Waals surface area contributed by atoms with E-state index in [9.17, 15) is 18.0 Å². The molecule has 1 aromatic heterocycles. The molecule has 0 unspecified atom stereocenters. The number of carbonyl (C=O) groups excluding carboxylic acids is 1. The summed E-state index contributed by atoms with van der Waals surface area (Å²) in [5.41, 5.74) is 2.64. The van der Waals surface area contributed by atoms with Crippen LogP contribution in [0.15, 0.2) is 42.5 Å². The van der Waals surface area contributed by atoms with Crippen molar-refractivity contribution in [3.05, 3.63) is 53.7 Å². The lowest BCUT2D eigenvalue weighted by molar-refractivity contribution is -0.140. The van der Waals surface area contributed by atoms with E-state index in [4.69, 9.17) is 9.47 Å². The number of ether oxygens (including phenoxy) is 2. The van der Waals surface area contributed by atoms with E-state index in [-0.39, 0.29) is 24.2 Å². The Hall–Kier alpha value is -3.88. The van der Waals surface area contributed by atoms with E-state index < -0.39 is 12.7 Å². The van der Waals surface area contributed by atoms with E-state index in [0.717, 1.165) is 51.2 Å². The van der Waals surface area contributed by atoms with E-state index in [2.05, 4.69) is 32.7 Å². The number of amides is 1. The molecular formula is C31H38F3N5O3. The molecule has 42 heavy (non-hydrogen) atoms. The number of piperidine rings is 1. The van der Waals surface area contributed by atoms with Crippen LogP contribution in [0, 0.1) is 11.8 Å². The summed E-state index contributed by atoms with van der Waals surface area (Å²) in [6.07, 6.45) is -1.49. The van der Waals surface area contributed by atoms with Gasteiger partial charge in [-0.1, -0.05) is 12.0 Å². The van der Waals surface area contributed by atoms with Crippen molar-refractivity contribution >= 4 is 28.2 Å². The quantitative estimate of drug-likeness (QED) is 0.218. The molecule has 0 saturated carbocycles. The third-order valence-corrected chi connectivity index (χ3v) is 7.33. The summed E-state index contributed by atoms with van der Waals surface area (Å²) >= 11 is 0. The van der Waals surface area contributed by atoms with Gasteiger partial charge in [-0.25, -0.2) is 0 Å². The van der Waals surface area contributed by atoms with Crippen LogP contribution < -0.4 is 20.7 Å². The zero-order valence-corrected chi connectivity index (χ0v) is 24.2. The van der Waals surface area contributed by atoms with Crippen LogP contribution in [0.3, 0.4) is 0 Å². The van der Waals surface area contributed by atoms with Gasteiger partial charge in [-0.2, -0.15) is 13.2 Å². The number of fused-ring (bicyclic) bond motifs is 1. The summed E-state index contributed by atoms with van der Waals surface area (Å²) in [6.45, 7) is 2.71. The monoisotopic (exact) mass is 585 g/mol. The maximum atomic E-state index is 13.6. The Morgan fingerprint density at radius 2 is 1.88 bits per heavy atom. The Balaban J connectivity index is 1.51. The first-order valence-electron chi connectivity index (χ1n) is 14.0. The minimum atomic E-state index is -4.40. The number of likely N-dealkylation sites (tertiary alicyclic amines) is 1. The maximum absolute atomic E-state index is 13.6. The van der Waals surface area contributed by atoms with E-state index in [1.165, 1.54) is 11.7 Å². The van der Waals surface area contributed by atoms with Gasteiger partial charge in [-0.15, -0.1) is 0 Å². The molecule has 3 N–H and O–H groups in total. The van der Waals surface area contributed by atoms with Crippen molar-refractivity contribution in [1.82, 2.24) is 14.8 Å². The molecule has 0 atom stereocenters. The minimum absolute atomic E-state index is 0.164. The van der Waals surface area contributed by atoms with Gasteiger partial charge in [0.05, 0.1) is 30.6 Å². The van der Waals surface area contributed by atoms with Gasteiger partial charge in [-0.05, 0) is 61.6 Å². The van der Waals surface area contributed by atoms with E-state index in [1.54, 1.807) is 50.6 Å². The molecule has 0 aliphatic carbocycles. The molecule has 0 bridgehead atoms. The van der Waals surface area contributed by atoms with Crippen LogP contribution in [0.25, 0.3) is 10.9 Å². The molecule has 1 fully saturated rings. The van der Waals surface area contributed by atoms with Crippen molar-refractivity contribution in [2.24, 2.45) is 0 Å². The zero-order valence-electron chi connectivity index (χ0n) is 24.2. The highest BCUT2D eigenvalue weighted by Gasteiger charge is 2.30. The molecule has 0 radical (unpaired) electrons. The lowest BCUT2D eigenvalue weighted by atomic mass is 10.0. The molecular weight excluding hydrogens is 547 g/mol. The Labute approximate surface area is 244 Å². The van der Waals surface area contributed by atoms with Crippen LogP contribution in [-0.2, 0) is 11.3 Å². The van der Waals surface area contributed by atoms with Crippen molar-refractivity contribution in [2.45, 2.75) is 38.0 Å². The number of aromatic nitrogens is 1. The predicted octanol–water partition coefficient (Wildman–Crippen LogP) is 4.95. The smallest absolute Gasteiger partial charge is 0.406 e. The number of halogens is 3. The van der Waals surface area contributed by atoms with Crippen molar-refractivity contribution in [2.75, 3.05) is 64.7 Å². The molecule has 8 nitrogen and oxygen atoms in total. The van der Waals surface area contributed by atoms with Gasteiger partial charge >= 0.3 is 6.18 Å². The number of benzene rings is 2. The van der Waals surface area contributed by atoms with Gasteiger partial charge in [0.25, 0.3) is 5.91 Å². The Kier molecular flexibility index (Phi) is 10.6. The number of hydrogen-bond acceptors (Lipinski definition) is 6. The predicted molar refractivity (Wildman–Crippen MR) is 159 cm³/mol. The molecule has 226 valence electrons. The van der Waals surface area contributed by atoms with Gasteiger partial charge in [0.2, 0.25) is 0 Å². The minimum Gasteiger partial charge on any atom is -0.495 e. The van der Waals surface area contributed by atoms with E-state index >= 15 is 0 Å². The summed E-state index contributed by atoms with van der Waals surface area (Å²) in [4.78, 5) is 14.3. The summed E-state index contributed by atoms with van der Waals surface area (Å²) in [6, 6.07) is 12.3. The number of hydrogen-bond donors (Lipinski definition) is 3. The first-order valence-corrected chi connectivity index (χ1v) is 14.0. The average molecular weight is 586 g/mol. The number of methoxy groups -OCH3 is 2. The van der Waals surface area contributed by atoms with E-state index in [1.807, 2.05) is 6.07 Å². The molecule has 2 heterocycles. The Bertz CT molecular complexity index is 1420. The second-order valence-corrected chi connectivity index (χ2v) is 10.2. The molecule has 11 heteroatoms. The average Bonchev–Trinajstić information content (AvgIpc) is 3.32. The second kappa shape index (κ2) is 14.3. The van der Waals surface area contributed by atoms with Gasteiger partial charge in [0, 0.05) is 63.1 Å². The highest BCUT2D eigenvalue weighted by Crippen LogP contribution is 2.31. The number of alkyl halides is 3. The summed E-state index contributed by atoms with van der Waals surface area (Å²) < 4.78 is 52.6.